The monoisotopic (exact) mass is 262 g/mol. The van der Waals surface area contributed by atoms with Gasteiger partial charge in [-0.1, -0.05) is 11.6 Å². The number of amides is 1. The molecule has 0 aliphatic carbocycles. The molecule has 1 aromatic rings. The highest BCUT2D eigenvalue weighted by Gasteiger charge is 2.05. The smallest absolute Gasteiger partial charge is 0.251 e. The zero-order chi connectivity index (χ0) is 11.3. The molecule has 3 nitrogen and oxygen atoms in total. The number of benzene rings is 1. The standard InChI is InChI=1S/C11H15ClN2O.ClH/c1-8-7-9(3-4-10(8)12)11(15)14-6-5-13-2;/h3-4,7,13H,5-6H2,1-2H3,(H,14,15);1H. The fraction of sp³-hybridized carbons (Fsp3) is 0.364. The molecule has 1 rings (SSSR count). The maximum Gasteiger partial charge on any atom is 0.251 e. The molecule has 16 heavy (non-hydrogen) atoms. The number of carbonyl (C=O) groups excluding carboxylic acids is 1. The second-order valence-electron chi connectivity index (χ2n) is 3.32. The van der Waals surface area contributed by atoms with E-state index in [4.69, 9.17) is 11.6 Å². The van der Waals surface area contributed by atoms with E-state index < -0.39 is 0 Å². The molecule has 0 heterocycles. The molecule has 0 spiro atoms. The number of hydrogen-bond donors (Lipinski definition) is 2. The number of halogens is 2. The Morgan fingerprint density at radius 1 is 1.38 bits per heavy atom. The Labute approximate surface area is 107 Å². The summed E-state index contributed by atoms with van der Waals surface area (Å²) in [7, 11) is 1.85. The lowest BCUT2D eigenvalue weighted by Gasteiger charge is -2.06. The van der Waals surface area contributed by atoms with Gasteiger partial charge < -0.3 is 10.6 Å². The number of rotatable bonds is 4. The molecule has 0 saturated heterocycles. The predicted octanol–water partition coefficient (Wildman–Crippen LogP) is 2.02. The molecule has 0 aromatic heterocycles. The van der Waals surface area contributed by atoms with E-state index in [-0.39, 0.29) is 18.3 Å². The Balaban J connectivity index is 0.00000225. The van der Waals surface area contributed by atoms with Crippen molar-refractivity contribution in [1.29, 1.82) is 0 Å². The normalized spacial score (nSPS) is 9.44. The van der Waals surface area contributed by atoms with Gasteiger partial charge in [-0.2, -0.15) is 0 Å². The van der Waals surface area contributed by atoms with Crippen LogP contribution in [0.1, 0.15) is 15.9 Å². The molecule has 1 amide bonds. The highest BCUT2D eigenvalue weighted by Crippen LogP contribution is 2.15. The van der Waals surface area contributed by atoms with Crippen molar-refractivity contribution in [3.05, 3.63) is 34.3 Å². The van der Waals surface area contributed by atoms with Crippen LogP contribution < -0.4 is 10.6 Å². The minimum absolute atomic E-state index is 0. The van der Waals surface area contributed by atoms with Gasteiger partial charge in [0.2, 0.25) is 0 Å². The molecule has 0 aliphatic rings. The Morgan fingerprint density at radius 2 is 2.06 bits per heavy atom. The van der Waals surface area contributed by atoms with Crippen LogP contribution in [-0.2, 0) is 0 Å². The second-order valence-corrected chi connectivity index (χ2v) is 3.73. The molecule has 0 bridgehead atoms. The zero-order valence-corrected chi connectivity index (χ0v) is 10.9. The van der Waals surface area contributed by atoms with E-state index in [0.29, 0.717) is 17.1 Å². The summed E-state index contributed by atoms with van der Waals surface area (Å²) < 4.78 is 0. The van der Waals surface area contributed by atoms with Gasteiger partial charge in [0.05, 0.1) is 0 Å². The van der Waals surface area contributed by atoms with E-state index in [1.54, 1.807) is 18.2 Å². The summed E-state index contributed by atoms with van der Waals surface area (Å²) in [5, 5.41) is 6.44. The SMILES string of the molecule is CNCCNC(=O)c1ccc(Cl)c(C)c1.Cl. The van der Waals surface area contributed by atoms with Crippen LogP contribution in [0, 0.1) is 6.92 Å². The Hall–Kier alpha value is -0.770. The van der Waals surface area contributed by atoms with Crippen molar-refractivity contribution in [1.82, 2.24) is 10.6 Å². The summed E-state index contributed by atoms with van der Waals surface area (Å²) in [5.74, 6) is -0.0648. The van der Waals surface area contributed by atoms with E-state index in [1.807, 2.05) is 14.0 Å². The Morgan fingerprint density at radius 3 is 2.62 bits per heavy atom. The van der Waals surface area contributed by atoms with Crippen molar-refractivity contribution < 1.29 is 4.79 Å². The van der Waals surface area contributed by atoms with Crippen molar-refractivity contribution in [3.8, 4) is 0 Å². The first kappa shape index (κ1) is 15.2. The van der Waals surface area contributed by atoms with Crippen LogP contribution in [0.25, 0.3) is 0 Å². The Kier molecular flexibility index (Phi) is 7.13. The molecule has 1 aromatic carbocycles. The van der Waals surface area contributed by atoms with Crippen molar-refractivity contribution >= 4 is 29.9 Å². The lowest BCUT2D eigenvalue weighted by Crippen LogP contribution is -2.30. The summed E-state index contributed by atoms with van der Waals surface area (Å²) in [6.45, 7) is 3.27. The van der Waals surface area contributed by atoms with Gasteiger partial charge in [-0.3, -0.25) is 4.79 Å². The number of carbonyl (C=O) groups is 1. The molecule has 5 heteroatoms. The van der Waals surface area contributed by atoms with E-state index in [0.717, 1.165) is 12.1 Å². The largest absolute Gasteiger partial charge is 0.351 e. The molecule has 0 saturated carbocycles. The maximum absolute atomic E-state index is 11.6. The lowest BCUT2D eigenvalue weighted by atomic mass is 10.1. The van der Waals surface area contributed by atoms with Crippen molar-refractivity contribution in [2.75, 3.05) is 20.1 Å². The number of hydrogen-bond acceptors (Lipinski definition) is 2. The molecule has 0 radical (unpaired) electrons. The van der Waals surface area contributed by atoms with Gasteiger partial charge in [-0.05, 0) is 37.7 Å². The molecule has 0 atom stereocenters. The molecule has 0 unspecified atom stereocenters. The van der Waals surface area contributed by atoms with Gasteiger partial charge in [0, 0.05) is 23.7 Å². The first-order valence-electron chi connectivity index (χ1n) is 4.84. The molecular formula is C11H16Cl2N2O. The van der Waals surface area contributed by atoms with E-state index in [9.17, 15) is 4.79 Å². The molecular weight excluding hydrogens is 247 g/mol. The summed E-state index contributed by atoms with van der Waals surface area (Å²) in [6.07, 6.45) is 0. The summed E-state index contributed by atoms with van der Waals surface area (Å²) in [5.41, 5.74) is 1.56. The van der Waals surface area contributed by atoms with E-state index >= 15 is 0 Å². The second kappa shape index (κ2) is 7.49. The first-order valence-corrected chi connectivity index (χ1v) is 5.22. The zero-order valence-electron chi connectivity index (χ0n) is 9.34. The topological polar surface area (TPSA) is 41.1 Å². The third-order valence-electron chi connectivity index (χ3n) is 2.08. The molecule has 0 aliphatic heterocycles. The van der Waals surface area contributed by atoms with Crippen LogP contribution >= 0.6 is 24.0 Å². The van der Waals surface area contributed by atoms with Gasteiger partial charge >= 0.3 is 0 Å². The lowest BCUT2D eigenvalue weighted by molar-refractivity contribution is 0.0954. The minimum atomic E-state index is -0.0648. The number of likely N-dealkylation sites (N-methyl/N-ethyl adjacent to an activating group) is 1. The van der Waals surface area contributed by atoms with Gasteiger partial charge in [0.15, 0.2) is 0 Å². The van der Waals surface area contributed by atoms with Gasteiger partial charge in [0.1, 0.15) is 0 Å². The van der Waals surface area contributed by atoms with Gasteiger partial charge in [-0.15, -0.1) is 12.4 Å². The minimum Gasteiger partial charge on any atom is -0.351 e. The van der Waals surface area contributed by atoms with Crippen LogP contribution in [0.2, 0.25) is 5.02 Å². The fourth-order valence-corrected chi connectivity index (χ4v) is 1.31. The summed E-state index contributed by atoms with van der Waals surface area (Å²) >= 11 is 5.87. The van der Waals surface area contributed by atoms with Crippen LogP contribution in [0.5, 0.6) is 0 Å². The maximum atomic E-state index is 11.6. The highest BCUT2D eigenvalue weighted by atomic mass is 35.5. The number of aryl methyl sites for hydroxylation is 1. The fourth-order valence-electron chi connectivity index (χ4n) is 1.19. The van der Waals surface area contributed by atoms with Crippen LogP contribution in [0.4, 0.5) is 0 Å². The first-order chi connectivity index (χ1) is 7.15. The van der Waals surface area contributed by atoms with Gasteiger partial charge in [0.25, 0.3) is 5.91 Å². The van der Waals surface area contributed by atoms with Crippen LogP contribution in [-0.4, -0.2) is 26.0 Å². The number of nitrogens with one attached hydrogen (secondary N) is 2. The van der Waals surface area contributed by atoms with Crippen molar-refractivity contribution in [2.45, 2.75) is 6.92 Å². The summed E-state index contributed by atoms with van der Waals surface area (Å²) in [6, 6.07) is 5.25. The van der Waals surface area contributed by atoms with E-state index in [1.165, 1.54) is 0 Å². The molecule has 2 N–H and O–H groups in total. The third-order valence-corrected chi connectivity index (χ3v) is 2.50. The van der Waals surface area contributed by atoms with Crippen LogP contribution in [0.15, 0.2) is 18.2 Å². The summed E-state index contributed by atoms with van der Waals surface area (Å²) in [4.78, 5) is 11.6. The van der Waals surface area contributed by atoms with Crippen molar-refractivity contribution in [2.24, 2.45) is 0 Å². The van der Waals surface area contributed by atoms with Crippen LogP contribution in [0.3, 0.4) is 0 Å². The Bertz CT molecular complexity index is 356. The predicted molar refractivity (Wildman–Crippen MR) is 69.7 cm³/mol. The average Bonchev–Trinajstić information content (AvgIpc) is 2.22. The molecule has 90 valence electrons. The van der Waals surface area contributed by atoms with Crippen molar-refractivity contribution in [3.63, 3.8) is 0 Å². The third kappa shape index (κ3) is 4.39. The van der Waals surface area contributed by atoms with Gasteiger partial charge in [-0.25, -0.2) is 0 Å². The molecule has 0 fully saturated rings. The quantitative estimate of drug-likeness (QED) is 0.816. The van der Waals surface area contributed by atoms with E-state index in [2.05, 4.69) is 10.6 Å². The average molecular weight is 263 g/mol. The highest BCUT2D eigenvalue weighted by molar-refractivity contribution is 6.31.